The van der Waals surface area contributed by atoms with Gasteiger partial charge in [-0.05, 0) is 50.5 Å². The third-order valence-corrected chi connectivity index (χ3v) is 3.16. The van der Waals surface area contributed by atoms with Crippen LogP contribution in [0.25, 0.3) is 0 Å². The van der Waals surface area contributed by atoms with Crippen molar-refractivity contribution in [3.05, 3.63) is 54.6 Å². The number of carbonyl (C=O) groups is 1. The highest BCUT2D eigenvalue weighted by atomic mass is 16.5. The monoisotopic (exact) mass is 329 g/mol. The van der Waals surface area contributed by atoms with Crippen molar-refractivity contribution >= 4 is 17.4 Å². The molecule has 0 unspecified atom stereocenters. The molecule has 0 radical (unpaired) electrons. The number of aliphatic hydroxyl groups is 1. The van der Waals surface area contributed by atoms with E-state index in [-0.39, 0.29) is 12.6 Å². The highest BCUT2D eigenvalue weighted by Gasteiger charge is 2.07. The van der Waals surface area contributed by atoms with E-state index < -0.39 is 6.10 Å². The third kappa shape index (κ3) is 6.28. The number of amides is 2. The molecule has 0 aromatic heterocycles. The second kappa shape index (κ2) is 8.90. The van der Waals surface area contributed by atoms with Gasteiger partial charge in [0.1, 0.15) is 18.5 Å². The van der Waals surface area contributed by atoms with E-state index in [1.807, 2.05) is 49.3 Å². The molecule has 0 aliphatic carbocycles. The summed E-state index contributed by atoms with van der Waals surface area (Å²) in [4.78, 5) is 13.8. The lowest BCUT2D eigenvalue weighted by molar-refractivity contribution is 0.0831. The van der Waals surface area contributed by atoms with Gasteiger partial charge in [-0.2, -0.15) is 0 Å². The van der Waals surface area contributed by atoms with Gasteiger partial charge in [-0.1, -0.05) is 18.2 Å². The number of hydrogen-bond donors (Lipinski definition) is 3. The Bertz CT molecular complexity index is 630. The third-order valence-electron chi connectivity index (χ3n) is 3.16. The molecule has 6 heteroatoms. The standard InChI is InChI=1S/C18H23N3O3/c1-21(2)12-16(22)13-24-17-10-8-15(9-11-17)20-18(23)19-14-6-4-3-5-7-14/h3-11,16,22H,12-13H2,1-2H3,(H2,19,20,23)/t16-/m0/s1. The largest absolute Gasteiger partial charge is 0.491 e. The first-order valence-electron chi connectivity index (χ1n) is 7.71. The summed E-state index contributed by atoms with van der Waals surface area (Å²) in [5, 5.41) is 15.3. The molecule has 3 N–H and O–H groups in total. The van der Waals surface area contributed by atoms with E-state index in [2.05, 4.69) is 10.6 Å². The molecular weight excluding hydrogens is 306 g/mol. The van der Waals surface area contributed by atoms with Crippen LogP contribution in [0.15, 0.2) is 54.6 Å². The van der Waals surface area contributed by atoms with Crippen molar-refractivity contribution in [3.8, 4) is 5.75 Å². The Balaban J connectivity index is 1.80. The predicted octanol–water partition coefficient (Wildman–Crippen LogP) is 2.63. The van der Waals surface area contributed by atoms with E-state index in [9.17, 15) is 9.90 Å². The minimum atomic E-state index is -0.547. The van der Waals surface area contributed by atoms with Crippen molar-refractivity contribution in [1.29, 1.82) is 0 Å². The van der Waals surface area contributed by atoms with Crippen LogP contribution in [0.3, 0.4) is 0 Å². The number of nitrogens with zero attached hydrogens (tertiary/aromatic N) is 1. The molecule has 2 rings (SSSR count). The zero-order chi connectivity index (χ0) is 17.4. The molecule has 0 saturated carbocycles. The van der Waals surface area contributed by atoms with Gasteiger partial charge in [-0.3, -0.25) is 0 Å². The van der Waals surface area contributed by atoms with Crippen LogP contribution in [0.2, 0.25) is 0 Å². The van der Waals surface area contributed by atoms with Crippen LogP contribution < -0.4 is 15.4 Å². The molecule has 0 aliphatic rings. The molecule has 0 bridgehead atoms. The number of rotatable bonds is 7. The second-order valence-electron chi connectivity index (χ2n) is 5.70. The first-order valence-corrected chi connectivity index (χ1v) is 7.71. The first kappa shape index (κ1) is 17.8. The summed E-state index contributed by atoms with van der Waals surface area (Å²) in [6.45, 7) is 0.763. The normalized spacial score (nSPS) is 11.8. The summed E-state index contributed by atoms with van der Waals surface area (Å²) >= 11 is 0. The van der Waals surface area contributed by atoms with Crippen LogP contribution in [-0.2, 0) is 0 Å². The van der Waals surface area contributed by atoms with E-state index in [1.165, 1.54) is 0 Å². The van der Waals surface area contributed by atoms with Crippen molar-refractivity contribution in [2.75, 3.05) is 37.9 Å². The minimum Gasteiger partial charge on any atom is -0.491 e. The summed E-state index contributed by atoms with van der Waals surface area (Å²) in [6, 6.07) is 15.9. The van der Waals surface area contributed by atoms with Crippen molar-refractivity contribution < 1.29 is 14.6 Å². The van der Waals surface area contributed by atoms with Crippen LogP contribution in [0.4, 0.5) is 16.2 Å². The maximum absolute atomic E-state index is 11.9. The zero-order valence-electron chi connectivity index (χ0n) is 13.9. The summed E-state index contributed by atoms with van der Waals surface area (Å²) in [5.74, 6) is 0.641. The number of anilines is 2. The van der Waals surface area contributed by atoms with E-state index in [0.717, 1.165) is 5.69 Å². The average molecular weight is 329 g/mol. The van der Waals surface area contributed by atoms with Crippen LogP contribution >= 0.6 is 0 Å². The first-order chi connectivity index (χ1) is 11.5. The molecule has 0 spiro atoms. The molecule has 2 aromatic carbocycles. The zero-order valence-corrected chi connectivity index (χ0v) is 13.9. The smallest absolute Gasteiger partial charge is 0.323 e. The van der Waals surface area contributed by atoms with Crippen LogP contribution in [0, 0.1) is 0 Å². The SMILES string of the molecule is CN(C)C[C@H](O)COc1ccc(NC(=O)Nc2ccccc2)cc1. The molecule has 0 fully saturated rings. The molecule has 2 amide bonds. The molecule has 6 nitrogen and oxygen atoms in total. The summed E-state index contributed by atoms with van der Waals surface area (Å²) in [7, 11) is 3.79. The number of carbonyl (C=O) groups excluding carboxylic acids is 1. The van der Waals surface area contributed by atoms with Gasteiger partial charge in [-0.25, -0.2) is 4.79 Å². The number of likely N-dealkylation sites (N-methyl/N-ethyl adjacent to an activating group) is 1. The van der Waals surface area contributed by atoms with E-state index in [1.54, 1.807) is 24.3 Å². The van der Waals surface area contributed by atoms with Crippen molar-refractivity contribution in [2.24, 2.45) is 0 Å². The lowest BCUT2D eigenvalue weighted by Crippen LogP contribution is -2.30. The maximum atomic E-state index is 11.9. The fraction of sp³-hybridized carbons (Fsp3) is 0.278. The van der Waals surface area contributed by atoms with Gasteiger partial charge in [0.2, 0.25) is 0 Å². The molecule has 0 heterocycles. The Kier molecular flexibility index (Phi) is 6.60. The Morgan fingerprint density at radius 3 is 2.21 bits per heavy atom. The average Bonchev–Trinajstić information content (AvgIpc) is 2.54. The molecular formula is C18H23N3O3. The highest BCUT2D eigenvalue weighted by Crippen LogP contribution is 2.16. The van der Waals surface area contributed by atoms with E-state index >= 15 is 0 Å². The second-order valence-corrected chi connectivity index (χ2v) is 5.70. The highest BCUT2D eigenvalue weighted by molar-refractivity contribution is 5.99. The Labute approximate surface area is 142 Å². The fourth-order valence-electron chi connectivity index (χ4n) is 2.12. The van der Waals surface area contributed by atoms with Gasteiger partial charge >= 0.3 is 6.03 Å². The maximum Gasteiger partial charge on any atom is 0.323 e. The van der Waals surface area contributed by atoms with Crippen molar-refractivity contribution in [3.63, 3.8) is 0 Å². The van der Waals surface area contributed by atoms with Gasteiger partial charge in [-0.15, -0.1) is 0 Å². The number of benzene rings is 2. The molecule has 1 atom stereocenters. The Hall–Kier alpha value is -2.57. The van der Waals surface area contributed by atoms with Crippen molar-refractivity contribution in [1.82, 2.24) is 4.90 Å². The Morgan fingerprint density at radius 2 is 1.62 bits per heavy atom. The van der Waals surface area contributed by atoms with Crippen LogP contribution in [0.1, 0.15) is 0 Å². The minimum absolute atomic E-state index is 0.222. The number of nitrogens with one attached hydrogen (secondary N) is 2. The van der Waals surface area contributed by atoms with Gasteiger partial charge in [0.15, 0.2) is 0 Å². The van der Waals surface area contributed by atoms with Gasteiger partial charge in [0, 0.05) is 17.9 Å². The molecule has 0 saturated heterocycles. The number of urea groups is 1. The summed E-state index contributed by atoms with van der Waals surface area (Å²) in [6.07, 6.45) is -0.547. The number of para-hydroxylation sites is 1. The van der Waals surface area contributed by atoms with Gasteiger partial charge in [0.25, 0.3) is 0 Å². The quantitative estimate of drug-likeness (QED) is 0.730. The van der Waals surface area contributed by atoms with Crippen LogP contribution in [0.5, 0.6) is 5.75 Å². The lowest BCUT2D eigenvalue weighted by Gasteiger charge is -2.16. The molecule has 0 aliphatic heterocycles. The summed E-state index contributed by atoms with van der Waals surface area (Å²) in [5.41, 5.74) is 1.38. The summed E-state index contributed by atoms with van der Waals surface area (Å²) < 4.78 is 5.52. The Morgan fingerprint density at radius 1 is 1.04 bits per heavy atom. The van der Waals surface area contributed by atoms with Crippen molar-refractivity contribution in [2.45, 2.75) is 6.10 Å². The molecule has 128 valence electrons. The molecule has 24 heavy (non-hydrogen) atoms. The topological polar surface area (TPSA) is 73.8 Å². The van der Waals surface area contributed by atoms with Gasteiger partial charge < -0.3 is 25.4 Å². The lowest BCUT2D eigenvalue weighted by atomic mass is 10.3. The van der Waals surface area contributed by atoms with Gasteiger partial charge in [0.05, 0.1) is 0 Å². The van der Waals surface area contributed by atoms with E-state index in [0.29, 0.717) is 18.0 Å². The number of ether oxygens (including phenoxy) is 1. The predicted molar refractivity (Wildman–Crippen MR) is 95.6 cm³/mol. The fourth-order valence-corrected chi connectivity index (χ4v) is 2.12. The number of aliphatic hydroxyl groups excluding tert-OH is 1. The van der Waals surface area contributed by atoms with Crippen LogP contribution in [-0.4, -0.2) is 49.4 Å². The number of hydrogen-bond acceptors (Lipinski definition) is 4. The van der Waals surface area contributed by atoms with E-state index in [4.69, 9.17) is 4.74 Å². The molecule has 2 aromatic rings.